The number of halogens is 2. The number of hydrogen-bond donors (Lipinski definition) is 1. The molecule has 0 unspecified atom stereocenters. The van der Waals surface area contributed by atoms with Crippen LogP contribution in [0.15, 0.2) is 22.7 Å². The predicted octanol–water partition coefficient (Wildman–Crippen LogP) is 1.35. The van der Waals surface area contributed by atoms with Gasteiger partial charge in [0.25, 0.3) is 5.91 Å². The summed E-state index contributed by atoms with van der Waals surface area (Å²) < 4.78 is 18.7. The molecule has 0 aliphatic carbocycles. The molecule has 2 amide bonds. The third kappa shape index (κ3) is 2.97. The molecule has 2 aliphatic heterocycles. The summed E-state index contributed by atoms with van der Waals surface area (Å²) in [5.74, 6) is -3.13. The Balaban J connectivity index is 1.62. The maximum Gasteiger partial charge on any atom is 0.257 e. The zero-order valence-corrected chi connectivity index (χ0v) is 17.6. The maximum atomic E-state index is 14.3. The summed E-state index contributed by atoms with van der Waals surface area (Å²) in [5, 5.41) is 17.4. The molecule has 3 heterocycles. The minimum atomic E-state index is -1.35. The molecule has 8 nitrogen and oxygen atoms in total. The SMILES string of the molecule is Cc1onc(-c2c(F)cccc2Cl)c1C(=O)N[C@@H]1C(=O)N2[C@@H]1SC(C)(C)[C@@H]2C(=O)[O-]. The number of rotatable bonds is 4. The molecule has 2 aliphatic rings. The van der Waals surface area contributed by atoms with Crippen LogP contribution in [-0.4, -0.2) is 50.0 Å². The lowest BCUT2D eigenvalue weighted by Gasteiger charge is -2.45. The molecule has 3 atom stereocenters. The third-order valence-electron chi connectivity index (χ3n) is 5.24. The number of β-lactam (4-membered cyclic amide) rings is 1. The van der Waals surface area contributed by atoms with Crippen LogP contribution in [0.25, 0.3) is 11.3 Å². The molecule has 30 heavy (non-hydrogen) atoms. The first-order valence-electron chi connectivity index (χ1n) is 8.97. The Morgan fingerprint density at radius 3 is 2.73 bits per heavy atom. The van der Waals surface area contributed by atoms with Gasteiger partial charge >= 0.3 is 0 Å². The molecule has 1 aromatic carbocycles. The van der Waals surface area contributed by atoms with E-state index in [0.717, 1.165) is 0 Å². The van der Waals surface area contributed by atoms with Crippen molar-refractivity contribution in [2.75, 3.05) is 0 Å². The van der Waals surface area contributed by atoms with E-state index in [1.165, 1.54) is 41.8 Å². The summed E-state index contributed by atoms with van der Waals surface area (Å²) in [6.45, 7) is 4.88. The number of carboxylic acid groups (broad SMARTS) is 1. The van der Waals surface area contributed by atoms with E-state index in [9.17, 15) is 23.9 Å². The number of carboxylic acids is 1. The molecule has 2 aromatic rings. The number of nitrogens with one attached hydrogen (secondary N) is 1. The molecule has 4 rings (SSSR count). The fourth-order valence-corrected chi connectivity index (χ4v) is 5.75. The summed E-state index contributed by atoms with van der Waals surface area (Å²) >= 11 is 7.35. The highest BCUT2D eigenvalue weighted by Gasteiger charge is 2.62. The molecule has 0 saturated carbocycles. The number of aromatic nitrogens is 1. The van der Waals surface area contributed by atoms with E-state index in [1.807, 2.05) is 0 Å². The van der Waals surface area contributed by atoms with E-state index in [-0.39, 0.29) is 27.6 Å². The number of nitrogens with zero attached hydrogens (tertiary/aromatic N) is 2. The van der Waals surface area contributed by atoms with Crippen LogP contribution in [0.3, 0.4) is 0 Å². The average Bonchev–Trinajstić information content (AvgIpc) is 3.14. The van der Waals surface area contributed by atoms with Crippen molar-refractivity contribution in [3.05, 3.63) is 40.4 Å². The van der Waals surface area contributed by atoms with Crippen LogP contribution < -0.4 is 10.4 Å². The van der Waals surface area contributed by atoms with Gasteiger partial charge in [-0.15, -0.1) is 11.8 Å². The molecule has 2 fully saturated rings. The van der Waals surface area contributed by atoms with Crippen molar-refractivity contribution in [2.45, 2.75) is 43.0 Å². The van der Waals surface area contributed by atoms with Gasteiger partial charge in [-0.25, -0.2) is 4.39 Å². The molecular weight excluding hydrogens is 437 g/mol. The van der Waals surface area contributed by atoms with Gasteiger partial charge in [0.1, 0.15) is 34.3 Å². The Labute approximate surface area is 179 Å². The van der Waals surface area contributed by atoms with Crippen molar-refractivity contribution in [3.63, 3.8) is 0 Å². The molecule has 11 heteroatoms. The van der Waals surface area contributed by atoms with Crippen LogP contribution in [0.2, 0.25) is 5.02 Å². The molecule has 1 N–H and O–H groups in total. The number of benzene rings is 1. The number of aryl methyl sites for hydroxylation is 1. The Hall–Kier alpha value is -2.59. The first kappa shape index (κ1) is 20.7. The van der Waals surface area contributed by atoms with Crippen molar-refractivity contribution in [1.82, 2.24) is 15.4 Å². The average molecular weight is 453 g/mol. The fourth-order valence-electron chi connectivity index (χ4n) is 3.87. The largest absolute Gasteiger partial charge is 0.548 e. The third-order valence-corrected chi connectivity index (χ3v) is 7.13. The number of fused-ring (bicyclic) bond motifs is 1. The molecule has 1 aromatic heterocycles. The van der Waals surface area contributed by atoms with Gasteiger partial charge in [-0.3, -0.25) is 9.59 Å². The summed E-state index contributed by atoms with van der Waals surface area (Å²) in [6.07, 6.45) is 0. The smallest absolute Gasteiger partial charge is 0.257 e. The number of hydrogen-bond acceptors (Lipinski definition) is 7. The Morgan fingerprint density at radius 2 is 2.10 bits per heavy atom. The van der Waals surface area contributed by atoms with Gasteiger partial charge in [0.15, 0.2) is 0 Å². The van der Waals surface area contributed by atoms with Crippen LogP contribution in [0.4, 0.5) is 4.39 Å². The Bertz CT molecular complexity index is 1070. The van der Waals surface area contributed by atoms with E-state index in [1.54, 1.807) is 13.8 Å². The van der Waals surface area contributed by atoms with E-state index in [4.69, 9.17) is 16.1 Å². The quantitative estimate of drug-likeness (QED) is 0.696. The van der Waals surface area contributed by atoms with Crippen molar-refractivity contribution in [3.8, 4) is 11.3 Å². The van der Waals surface area contributed by atoms with Crippen molar-refractivity contribution < 1.29 is 28.4 Å². The van der Waals surface area contributed by atoms with Gasteiger partial charge in [0.2, 0.25) is 5.91 Å². The second kappa shape index (κ2) is 6.98. The Kier molecular flexibility index (Phi) is 4.81. The summed E-state index contributed by atoms with van der Waals surface area (Å²) in [4.78, 5) is 38.3. The predicted molar refractivity (Wildman–Crippen MR) is 104 cm³/mol. The van der Waals surface area contributed by atoms with Gasteiger partial charge in [0.05, 0.1) is 22.6 Å². The lowest BCUT2D eigenvalue weighted by atomic mass is 9.95. The van der Waals surface area contributed by atoms with Crippen LogP contribution in [-0.2, 0) is 9.59 Å². The second-order valence-corrected chi connectivity index (χ2v) is 9.77. The molecule has 158 valence electrons. The second-order valence-electron chi connectivity index (χ2n) is 7.59. The number of aliphatic carboxylic acids is 1. The van der Waals surface area contributed by atoms with Crippen molar-refractivity contribution >= 4 is 41.1 Å². The minimum absolute atomic E-state index is 0.0491. The van der Waals surface area contributed by atoms with Crippen LogP contribution in [0.5, 0.6) is 0 Å². The zero-order valence-electron chi connectivity index (χ0n) is 16.1. The van der Waals surface area contributed by atoms with Crippen LogP contribution >= 0.6 is 23.4 Å². The van der Waals surface area contributed by atoms with Crippen LogP contribution in [0, 0.1) is 12.7 Å². The minimum Gasteiger partial charge on any atom is -0.548 e. The first-order chi connectivity index (χ1) is 14.0. The van der Waals surface area contributed by atoms with Gasteiger partial charge in [-0.1, -0.05) is 22.8 Å². The summed E-state index contributed by atoms with van der Waals surface area (Å²) in [6, 6.07) is 2.01. The molecule has 0 radical (unpaired) electrons. The molecular formula is C19H16ClFN3O5S-. The fraction of sp³-hybridized carbons (Fsp3) is 0.368. The van der Waals surface area contributed by atoms with Crippen molar-refractivity contribution in [2.24, 2.45) is 0 Å². The molecule has 0 spiro atoms. The van der Waals surface area contributed by atoms with E-state index >= 15 is 0 Å². The van der Waals surface area contributed by atoms with Crippen molar-refractivity contribution in [1.29, 1.82) is 0 Å². The van der Waals surface area contributed by atoms with E-state index < -0.39 is 45.8 Å². The zero-order chi connectivity index (χ0) is 22.0. The first-order valence-corrected chi connectivity index (χ1v) is 10.2. The highest BCUT2D eigenvalue weighted by Crippen LogP contribution is 2.50. The van der Waals surface area contributed by atoms with Crippen LogP contribution in [0.1, 0.15) is 30.0 Å². The number of carbonyl (C=O) groups excluding carboxylic acids is 3. The van der Waals surface area contributed by atoms with Gasteiger partial charge < -0.3 is 24.6 Å². The van der Waals surface area contributed by atoms with Gasteiger partial charge in [0, 0.05) is 4.75 Å². The summed E-state index contributed by atoms with van der Waals surface area (Å²) in [5.41, 5.74) is -0.216. The normalized spacial score (nSPS) is 24.4. The molecule has 0 bridgehead atoms. The van der Waals surface area contributed by atoms with E-state index in [2.05, 4.69) is 10.5 Å². The lowest BCUT2D eigenvalue weighted by Crippen LogP contribution is -2.71. The molecule has 2 saturated heterocycles. The highest BCUT2D eigenvalue weighted by atomic mass is 35.5. The number of thioether (sulfide) groups is 1. The topological polar surface area (TPSA) is 116 Å². The number of carbonyl (C=O) groups is 3. The van der Waals surface area contributed by atoms with Gasteiger partial charge in [-0.2, -0.15) is 0 Å². The maximum absolute atomic E-state index is 14.3. The van der Waals surface area contributed by atoms with Gasteiger partial charge in [-0.05, 0) is 32.9 Å². The number of amides is 2. The monoisotopic (exact) mass is 452 g/mol. The lowest BCUT2D eigenvalue weighted by molar-refractivity contribution is -0.312. The highest BCUT2D eigenvalue weighted by molar-refractivity contribution is 8.01. The Morgan fingerprint density at radius 1 is 1.40 bits per heavy atom. The standard InChI is InChI=1S/C19H17ClFN3O5S/c1-7-10(12(23-29-7)11-8(20)5-4-6-9(11)21)15(25)22-13-16(26)24-14(18(27)28)19(2,3)30-17(13)24/h4-6,13-14,17H,1-3H3,(H,22,25)(H,27,28)/p-1/t13-,14+,17-/m1/s1. The van der Waals surface area contributed by atoms with E-state index in [0.29, 0.717) is 0 Å². The summed E-state index contributed by atoms with van der Waals surface area (Å²) in [7, 11) is 0.